The molecule has 1 saturated heterocycles. The van der Waals surface area contributed by atoms with Crippen molar-refractivity contribution in [3.8, 4) is 11.9 Å². The van der Waals surface area contributed by atoms with E-state index in [1.165, 1.54) is 10.6 Å². The van der Waals surface area contributed by atoms with E-state index in [0.29, 0.717) is 48.9 Å². The Morgan fingerprint density at radius 2 is 1.84 bits per heavy atom. The van der Waals surface area contributed by atoms with Crippen LogP contribution >= 0.6 is 0 Å². The maximum absolute atomic E-state index is 11.9. The maximum atomic E-state index is 11.9. The molecule has 1 fully saturated rings. The molecule has 0 spiro atoms. The van der Waals surface area contributed by atoms with Crippen LogP contribution in [-0.2, 0) is 10.0 Å². The van der Waals surface area contributed by atoms with Crippen LogP contribution in [0.1, 0.15) is 42.8 Å². The molecule has 2 aromatic carbocycles. The van der Waals surface area contributed by atoms with Crippen LogP contribution in [0.15, 0.2) is 48.7 Å². The summed E-state index contributed by atoms with van der Waals surface area (Å²) in [5.74, 6) is 1.02. The summed E-state index contributed by atoms with van der Waals surface area (Å²) in [5.41, 5.74) is 3.68. The third kappa shape index (κ3) is 5.05. The van der Waals surface area contributed by atoms with Crippen LogP contribution in [0.4, 0.5) is 5.69 Å². The van der Waals surface area contributed by atoms with Crippen LogP contribution in [0.2, 0.25) is 0 Å². The molecule has 10 heteroatoms. The van der Waals surface area contributed by atoms with Gasteiger partial charge in [0.2, 0.25) is 15.9 Å². The van der Waals surface area contributed by atoms with Gasteiger partial charge in [0.05, 0.1) is 40.0 Å². The largest absolute Gasteiger partial charge is 0.474 e. The Labute approximate surface area is 216 Å². The SMILES string of the molecule is Cc1cccc2nc(C(C)Nc3c(C#N)cnc4ccccc34)nc(OC3CCN(S(C)(=O)=O)CC3)c12. The lowest BCUT2D eigenvalue weighted by atomic mass is 10.1. The number of anilines is 1. The van der Waals surface area contributed by atoms with Crippen molar-refractivity contribution in [3.05, 3.63) is 65.6 Å². The lowest BCUT2D eigenvalue weighted by Gasteiger charge is -2.30. The Hall–Kier alpha value is -3.81. The molecule has 0 saturated carbocycles. The van der Waals surface area contributed by atoms with Gasteiger partial charge in [-0.05, 0) is 44.4 Å². The van der Waals surface area contributed by atoms with Crippen molar-refractivity contribution >= 4 is 37.5 Å². The molecule has 1 unspecified atom stereocenters. The normalized spacial score (nSPS) is 15.9. The van der Waals surface area contributed by atoms with Crippen molar-refractivity contribution in [1.29, 1.82) is 5.26 Å². The van der Waals surface area contributed by atoms with Gasteiger partial charge >= 0.3 is 0 Å². The first kappa shape index (κ1) is 24.9. The quantitative estimate of drug-likeness (QED) is 0.402. The molecule has 9 nitrogen and oxygen atoms in total. The van der Waals surface area contributed by atoms with Crippen LogP contribution < -0.4 is 10.1 Å². The fourth-order valence-corrected chi connectivity index (χ4v) is 5.59. The molecule has 1 aliphatic heterocycles. The van der Waals surface area contributed by atoms with Crippen molar-refractivity contribution in [2.75, 3.05) is 24.7 Å². The van der Waals surface area contributed by atoms with Gasteiger partial charge in [0.1, 0.15) is 12.2 Å². The highest BCUT2D eigenvalue weighted by Crippen LogP contribution is 2.32. The van der Waals surface area contributed by atoms with E-state index >= 15 is 0 Å². The Morgan fingerprint density at radius 3 is 2.57 bits per heavy atom. The highest BCUT2D eigenvalue weighted by molar-refractivity contribution is 7.88. The van der Waals surface area contributed by atoms with Gasteiger partial charge in [0.15, 0.2) is 5.82 Å². The zero-order chi connectivity index (χ0) is 26.2. The van der Waals surface area contributed by atoms with Gasteiger partial charge in [-0.1, -0.05) is 30.3 Å². The summed E-state index contributed by atoms with van der Waals surface area (Å²) >= 11 is 0. The monoisotopic (exact) mass is 516 g/mol. The van der Waals surface area contributed by atoms with E-state index in [1.807, 2.05) is 56.3 Å². The van der Waals surface area contributed by atoms with E-state index in [0.717, 1.165) is 27.4 Å². The number of hydrogen-bond acceptors (Lipinski definition) is 8. The number of aromatic nitrogens is 3. The van der Waals surface area contributed by atoms with Crippen molar-refractivity contribution in [2.24, 2.45) is 0 Å². The molecule has 37 heavy (non-hydrogen) atoms. The highest BCUT2D eigenvalue weighted by Gasteiger charge is 2.27. The number of benzene rings is 2. The van der Waals surface area contributed by atoms with E-state index in [-0.39, 0.29) is 12.1 Å². The molecule has 1 aliphatic rings. The third-order valence-electron chi connectivity index (χ3n) is 6.71. The number of sulfonamides is 1. The Bertz CT molecular complexity index is 1630. The minimum Gasteiger partial charge on any atom is -0.474 e. The maximum Gasteiger partial charge on any atom is 0.225 e. The summed E-state index contributed by atoms with van der Waals surface area (Å²) in [6, 6.07) is 15.4. The first-order chi connectivity index (χ1) is 17.7. The summed E-state index contributed by atoms with van der Waals surface area (Å²) in [5, 5.41) is 14.8. The molecule has 3 heterocycles. The third-order valence-corrected chi connectivity index (χ3v) is 8.01. The molecule has 0 aliphatic carbocycles. The van der Waals surface area contributed by atoms with Crippen molar-refractivity contribution < 1.29 is 13.2 Å². The minimum atomic E-state index is -3.22. The number of piperidine rings is 1. The summed E-state index contributed by atoms with van der Waals surface area (Å²) < 4.78 is 31.7. The Kier molecular flexibility index (Phi) is 6.67. The van der Waals surface area contributed by atoms with Crippen LogP contribution in [0, 0.1) is 18.3 Å². The highest BCUT2D eigenvalue weighted by atomic mass is 32.2. The second-order valence-electron chi connectivity index (χ2n) is 9.38. The van der Waals surface area contributed by atoms with Crippen LogP contribution in [0.3, 0.4) is 0 Å². The number of rotatable bonds is 6. The predicted molar refractivity (Wildman–Crippen MR) is 143 cm³/mol. The zero-order valence-electron chi connectivity index (χ0n) is 21.0. The number of nitrogens with one attached hydrogen (secondary N) is 1. The van der Waals surface area contributed by atoms with Gasteiger partial charge in [-0.2, -0.15) is 10.2 Å². The van der Waals surface area contributed by atoms with Gasteiger partial charge < -0.3 is 10.1 Å². The number of aryl methyl sites for hydroxylation is 1. The average molecular weight is 517 g/mol. The number of para-hydroxylation sites is 1. The molecule has 2 aromatic heterocycles. The van der Waals surface area contributed by atoms with E-state index in [4.69, 9.17) is 14.7 Å². The summed E-state index contributed by atoms with van der Waals surface area (Å²) in [7, 11) is -3.22. The zero-order valence-corrected chi connectivity index (χ0v) is 21.8. The average Bonchev–Trinajstić information content (AvgIpc) is 2.88. The molecule has 1 N–H and O–H groups in total. The standard InChI is InChI=1S/C27H28N6O3S/c1-17-7-6-10-23-24(17)27(36-20-11-13-33(14-12-20)37(3,34)35)32-26(31-23)18(2)30-25-19(15-28)16-29-22-9-5-4-8-21(22)25/h4-10,16,18,20H,11-14H2,1-3H3,(H,29,30). The Morgan fingerprint density at radius 1 is 1.11 bits per heavy atom. The second-order valence-corrected chi connectivity index (χ2v) is 11.4. The van der Waals surface area contributed by atoms with Gasteiger partial charge in [-0.3, -0.25) is 4.98 Å². The molecular weight excluding hydrogens is 488 g/mol. The number of ether oxygens (including phenoxy) is 1. The number of fused-ring (bicyclic) bond motifs is 2. The van der Waals surface area contributed by atoms with Crippen LogP contribution in [0.5, 0.6) is 5.88 Å². The summed E-state index contributed by atoms with van der Waals surface area (Å²) in [6.07, 6.45) is 3.82. The molecule has 0 bridgehead atoms. The molecule has 0 amide bonds. The number of nitrogens with zero attached hydrogens (tertiary/aromatic N) is 5. The lowest BCUT2D eigenvalue weighted by molar-refractivity contribution is 0.131. The van der Waals surface area contributed by atoms with Crippen molar-refractivity contribution in [3.63, 3.8) is 0 Å². The molecule has 190 valence electrons. The van der Waals surface area contributed by atoms with Crippen LogP contribution in [-0.4, -0.2) is 53.1 Å². The number of hydrogen-bond donors (Lipinski definition) is 1. The smallest absolute Gasteiger partial charge is 0.225 e. The lowest BCUT2D eigenvalue weighted by Crippen LogP contribution is -2.41. The molecule has 4 aromatic rings. The van der Waals surface area contributed by atoms with Gasteiger partial charge in [0, 0.05) is 24.7 Å². The fraction of sp³-hybridized carbons (Fsp3) is 0.333. The number of nitriles is 1. The molecule has 0 radical (unpaired) electrons. The Balaban J connectivity index is 1.48. The van der Waals surface area contributed by atoms with E-state index in [9.17, 15) is 13.7 Å². The van der Waals surface area contributed by atoms with E-state index in [1.54, 1.807) is 6.20 Å². The van der Waals surface area contributed by atoms with E-state index < -0.39 is 10.0 Å². The summed E-state index contributed by atoms with van der Waals surface area (Å²) in [4.78, 5) is 14.0. The van der Waals surface area contributed by atoms with E-state index in [2.05, 4.69) is 16.4 Å². The second kappa shape index (κ2) is 9.92. The first-order valence-corrected chi connectivity index (χ1v) is 14.0. The summed E-state index contributed by atoms with van der Waals surface area (Å²) in [6.45, 7) is 4.78. The predicted octanol–water partition coefficient (Wildman–Crippen LogP) is 4.33. The number of pyridine rings is 1. The topological polar surface area (TPSA) is 121 Å². The van der Waals surface area contributed by atoms with Crippen LogP contribution in [0.25, 0.3) is 21.8 Å². The van der Waals surface area contributed by atoms with Crippen molar-refractivity contribution in [1.82, 2.24) is 19.3 Å². The molecule has 5 rings (SSSR count). The van der Waals surface area contributed by atoms with Gasteiger partial charge in [0.25, 0.3) is 0 Å². The van der Waals surface area contributed by atoms with Gasteiger partial charge in [-0.25, -0.2) is 17.7 Å². The molecular formula is C27H28N6O3S. The van der Waals surface area contributed by atoms with Gasteiger partial charge in [-0.15, -0.1) is 0 Å². The molecule has 1 atom stereocenters. The minimum absolute atomic E-state index is 0.152. The first-order valence-electron chi connectivity index (χ1n) is 12.2. The van der Waals surface area contributed by atoms with Crippen molar-refractivity contribution in [2.45, 2.75) is 38.8 Å². The fourth-order valence-electron chi connectivity index (χ4n) is 4.71.